The molecular weight excluding hydrogens is 375 g/mol. The Hall–Kier alpha value is -0.544. The molecule has 1 aromatic heterocycles. The fourth-order valence-electron chi connectivity index (χ4n) is 3.13. The summed E-state index contributed by atoms with van der Waals surface area (Å²) in [4.78, 5) is 35.5. The first-order valence-electron chi connectivity index (χ1n) is 9.08. The van der Waals surface area contributed by atoms with Crippen LogP contribution < -0.4 is 51.4 Å². The van der Waals surface area contributed by atoms with E-state index in [9.17, 15) is 14.4 Å². The average molecular weight is 497 g/mol. The first-order chi connectivity index (χ1) is 12.3. The van der Waals surface area contributed by atoms with Gasteiger partial charge in [-0.2, -0.15) is 5.10 Å². The van der Waals surface area contributed by atoms with Crippen LogP contribution in [0.4, 0.5) is 0 Å². The zero-order valence-electron chi connectivity index (χ0n) is 48.0. The normalized spacial score (nSPS) is 16.1. The van der Waals surface area contributed by atoms with Crippen LogP contribution in [0.2, 0.25) is 0 Å². The summed E-state index contributed by atoms with van der Waals surface area (Å²) >= 11 is 0. The number of carbonyl (C=O) groups excluding carboxylic acids is 3. The van der Waals surface area contributed by atoms with Crippen LogP contribution in [0.5, 0.6) is 0 Å². The second kappa shape index (κ2) is 10.9. The molecule has 0 fully saturated rings. The predicted molar refractivity (Wildman–Crippen MR) is 129 cm³/mol. The summed E-state index contributed by atoms with van der Waals surface area (Å²) < 4.78 is 11.5. The van der Waals surface area contributed by atoms with E-state index in [1.807, 2.05) is 24.7 Å². The Kier molecular flexibility index (Phi) is 9.85. The van der Waals surface area contributed by atoms with Gasteiger partial charge in [-0.1, -0.05) is 0 Å². The van der Waals surface area contributed by atoms with Crippen LogP contribution in [-0.4, -0.2) is 41.2 Å². The molecule has 0 spiro atoms. The van der Waals surface area contributed by atoms with Crippen molar-refractivity contribution in [1.82, 2.24) is 9.78 Å². The Morgan fingerprint density at radius 3 is 2.70 bits per heavy atom. The third-order valence-electron chi connectivity index (χ3n) is 4.92. The number of esters is 2. The van der Waals surface area contributed by atoms with Crippen LogP contribution in [0.25, 0.3) is 0 Å². The minimum atomic E-state index is -0.568. The van der Waals surface area contributed by atoms with Crippen LogP contribution >= 0.6 is 0 Å². The van der Waals surface area contributed by atoms with Crippen molar-refractivity contribution in [2.24, 2.45) is 11.3 Å². The zero-order chi connectivity index (χ0) is 19.3. The van der Waals surface area contributed by atoms with Gasteiger partial charge in [0, 0.05) is 18.7 Å². The molecule has 0 bridgehead atoms. The van der Waals surface area contributed by atoms with E-state index in [0.29, 0.717) is 32.4 Å². The number of Topliss-reactive ketones (excluding diaryl/α,β-unsaturated/α-hetero) is 1. The van der Waals surface area contributed by atoms with Crippen LogP contribution in [0.15, 0.2) is 6.20 Å². The summed E-state index contributed by atoms with van der Waals surface area (Å²) in [6.45, 7) is 6.53. The average Bonchev–Trinajstić information content (AvgIpc) is 3.02. The number of methoxy groups -OCH3 is 1. The number of aromatic nitrogens is 2. The van der Waals surface area contributed by atoms with Gasteiger partial charge in [0.1, 0.15) is 12.2 Å². The molecule has 1 aliphatic rings. The van der Waals surface area contributed by atoms with Crippen molar-refractivity contribution in [1.29, 1.82) is 0 Å². The number of nitrogens with zero attached hydrogens (tertiary/aromatic N) is 2. The van der Waals surface area contributed by atoms with Gasteiger partial charge in [-0.25, -0.2) is 0 Å². The number of aryl methyl sites for hydroxylation is 2. The fourth-order valence-corrected chi connectivity index (χ4v) is 3.13. The Morgan fingerprint density at radius 2 is 2.07 bits per heavy atom. The van der Waals surface area contributed by atoms with Crippen LogP contribution in [0.1, 0.15) is 95.5 Å². The molecule has 0 radical (unpaired) electrons. The second-order valence-electron chi connectivity index (χ2n) is 7.38. The second-order valence-corrected chi connectivity index (χ2v) is 7.38. The van der Waals surface area contributed by atoms with Gasteiger partial charge in [-0.05, 0) is 52.0 Å². The van der Waals surface area contributed by atoms with Gasteiger partial charge in [-0.3, -0.25) is 19.1 Å². The van der Waals surface area contributed by atoms with E-state index >= 15 is 0 Å². The van der Waals surface area contributed by atoms with Crippen molar-refractivity contribution in [3.05, 3.63) is 17.5 Å². The van der Waals surface area contributed by atoms with E-state index in [4.69, 9.17) is 4.74 Å². The summed E-state index contributed by atoms with van der Waals surface area (Å²) in [5.74, 6) is -0.919. The minimum Gasteiger partial charge on any atom is -1.00 e. The molecule has 0 saturated heterocycles. The third-order valence-corrected chi connectivity index (χ3v) is 4.92. The molecule has 0 aliphatic heterocycles. The van der Waals surface area contributed by atoms with Gasteiger partial charge in [0.2, 0.25) is 0 Å². The molecule has 206 valence electrons. The molecule has 0 amide bonds. The number of fused-ring (bicyclic) bond motifs is 1. The van der Waals surface area contributed by atoms with Crippen molar-refractivity contribution >= 4 is 17.7 Å². The van der Waals surface area contributed by atoms with Gasteiger partial charge >= 0.3 is 63.3 Å². The predicted octanol–water partition coefficient (Wildman–Crippen LogP) is 2.59. The summed E-state index contributed by atoms with van der Waals surface area (Å²) in [6.07, 6.45) is 4.44. The summed E-state index contributed by atoms with van der Waals surface area (Å²) in [6, 6.07) is 0. The van der Waals surface area contributed by atoms with Gasteiger partial charge in [0.25, 0.3) is 0 Å². The number of ketones is 1. The minimum absolute atomic E-state index is 0. The Balaban J connectivity index is -0.00000000786. The number of rotatable bonds is 8. The van der Waals surface area contributed by atoms with E-state index in [1.54, 1.807) is 6.92 Å². The monoisotopic (exact) mass is 497 g/mol. The molecule has 0 aromatic carbocycles. The number of hydrogen-bond donors (Lipinski definition) is 0. The molecule has 27 heavy (non-hydrogen) atoms. The Bertz CT molecular complexity index is 741. The quantitative estimate of drug-likeness (QED) is 0.312. The molecule has 0 saturated carbocycles. The van der Waals surface area contributed by atoms with Crippen molar-refractivity contribution < 1.29 is 119 Å². The first kappa shape index (κ1) is 24.5. The van der Waals surface area contributed by atoms with Gasteiger partial charge in [-0.15, -0.1) is 0 Å². The summed E-state index contributed by atoms with van der Waals surface area (Å²) in [5.41, 5.74) is 1.48. The molecule has 1 heterocycles. The van der Waals surface area contributed by atoms with Crippen molar-refractivity contribution in [3.8, 4) is 0 Å². The maximum Gasteiger partial charge on any atom is 1.00 e. The topological polar surface area (TPSA) is 87.5 Å². The number of carbonyl (C=O) groups is 3. The summed E-state index contributed by atoms with van der Waals surface area (Å²) in [5, 5.41) is 4.59. The Morgan fingerprint density at radius 1 is 1.37 bits per heavy atom. The van der Waals surface area contributed by atoms with Crippen molar-refractivity contribution in [2.75, 3.05) is 13.7 Å². The SMILES string of the molecule is CCOC(=O)C(C)(C)CCn1cc2c(n1)CCC(C(=O)CC(=O)OC)C2.[3H-].[3H-].[3H-].[3H-].[3H-].[3H-].[3H-].[3H-].[3H-].[3H-].[3H-].[3H-].[3H-].[3H-].[3H-].[3H-].[3H-].[3H-].[3H-].[3H-].[3H-].[3H-].[3H-].[3H-].[3H-].[3H-].[3H-].[3H-].[3H-].[3H-].[3H-].[K+]. The van der Waals surface area contributed by atoms with E-state index < -0.39 is 11.4 Å². The van der Waals surface area contributed by atoms with Gasteiger partial charge < -0.3 is 53.7 Å². The Labute approximate surface area is 249 Å². The molecule has 7 nitrogen and oxygen atoms in total. The third kappa shape index (κ3) is 6.78. The first-order valence-corrected chi connectivity index (χ1v) is 9.08. The molecule has 2 rings (SSSR count). The molecule has 1 aromatic rings. The largest absolute Gasteiger partial charge is 1.00 e. The smallest absolute Gasteiger partial charge is 1.00 e. The molecule has 1 atom stereocenters. The fraction of sp³-hybridized carbons (Fsp3) is 0.684. The van der Waals surface area contributed by atoms with Crippen LogP contribution in [0.3, 0.4) is 0 Å². The van der Waals surface area contributed by atoms with Crippen molar-refractivity contribution in [3.63, 3.8) is 0 Å². The van der Waals surface area contributed by atoms with E-state index in [-0.39, 0.29) is 120 Å². The number of ether oxygens (including phenoxy) is 2. The zero-order valence-corrected chi connectivity index (χ0v) is 20.2. The molecule has 0 N–H and O–H groups in total. The molecule has 1 unspecified atom stereocenters. The molecule has 8 heteroatoms. The van der Waals surface area contributed by atoms with Crippen molar-refractivity contribution in [2.45, 2.75) is 59.4 Å². The maximum atomic E-state index is 12.2. The van der Waals surface area contributed by atoms with Gasteiger partial charge in [0.05, 0.1) is 24.8 Å². The summed E-state index contributed by atoms with van der Waals surface area (Å²) in [7, 11) is 1.29. The van der Waals surface area contributed by atoms with Crippen LogP contribution in [0, 0.1) is 11.3 Å². The number of hydrogen-bond acceptors (Lipinski definition) is 6. The molecule has 1 aliphatic carbocycles. The van der Waals surface area contributed by atoms with E-state index in [1.165, 1.54) is 7.11 Å². The maximum absolute atomic E-state index is 12.2. The standard InChI is InChI=1S/C19H28N2O5.K.31H/c1-5-26-18(24)19(2,3)8-9-21-12-14-10-13(6-7-15(14)20-21)16(22)11-17(23)25-4;;;;;;;;;;;;;;;;;;;;;;;;;;;;;;;;/h12-13H,5-11H2,1-4H3;;;;;;;;;;;;;;;;;;;;;;;;;;;;;;;;/q;+1;31*-1/i;;31*1+2. The van der Waals surface area contributed by atoms with Crippen LogP contribution in [-0.2, 0) is 43.2 Å². The van der Waals surface area contributed by atoms with E-state index in [0.717, 1.165) is 17.7 Å². The van der Waals surface area contributed by atoms with E-state index in [2.05, 4.69) is 9.84 Å². The molecular formula is C19H59KN2O5-30. The van der Waals surface area contributed by atoms with Gasteiger partial charge in [0.15, 0.2) is 0 Å².